The van der Waals surface area contributed by atoms with Crippen LogP contribution in [0.3, 0.4) is 0 Å². The summed E-state index contributed by atoms with van der Waals surface area (Å²) in [5.41, 5.74) is 1.00. The third-order valence-electron chi connectivity index (χ3n) is 3.19. The van der Waals surface area contributed by atoms with E-state index in [2.05, 4.69) is 19.2 Å². The zero-order chi connectivity index (χ0) is 15.0. The van der Waals surface area contributed by atoms with Crippen molar-refractivity contribution in [2.24, 2.45) is 0 Å². The minimum Gasteiger partial charge on any atom is -0.313 e. The molecule has 20 heavy (non-hydrogen) atoms. The summed E-state index contributed by atoms with van der Waals surface area (Å²) in [5, 5.41) is 3.29. The van der Waals surface area contributed by atoms with Crippen LogP contribution in [0, 0.1) is 0 Å². The molecule has 1 rings (SSSR count). The predicted molar refractivity (Wildman–Crippen MR) is 83.2 cm³/mol. The van der Waals surface area contributed by atoms with Crippen LogP contribution in [-0.2, 0) is 16.6 Å². The van der Waals surface area contributed by atoms with Crippen LogP contribution in [0.5, 0.6) is 0 Å². The lowest BCUT2D eigenvalue weighted by Crippen LogP contribution is -2.28. The van der Waals surface area contributed by atoms with Crippen molar-refractivity contribution in [3.8, 4) is 0 Å². The zero-order valence-corrected chi connectivity index (χ0v) is 13.5. The lowest BCUT2D eigenvalue weighted by atomic mass is 10.2. The van der Waals surface area contributed by atoms with E-state index in [1.54, 1.807) is 19.2 Å². The van der Waals surface area contributed by atoms with Crippen LogP contribution in [0.1, 0.15) is 38.7 Å². The third kappa shape index (κ3) is 4.89. The number of nitrogens with one attached hydrogen (secondary N) is 1. The number of hydrogen-bond acceptors (Lipinski definition) is 3. The summed E-state index contributed by atoms with van der Waals surface area (Å²) >= 11 is 0. The van der Waals surface area contributed by atoms with Gasteiger partial charge in [0.05, 0.1) is 4.90 Å². The molecule has 0 saturated carbocycles. The summed E-state index contributed by atoms with van der Waals surface area (Å²) in [7, 11) is -1.71. The van der Waals surface area contributed by atoms with Crippen molar-refractivity contribution in [3.05, 3.63) is 29.8 Å². The van der Waals surface area contributed by atoms with Crippen LogP contribution in [0.2, 0.25) is 0 Å². The van der Waals surface area contributed by atoms with Crippen molar-refractivity contribution in [2.75, 3.05) is 20.1 Å². The maximum Gasteiger partial charge on any atom is 0.242 e. The quantitative estimate of drug-likeness (QED) is 0.713. The van der Waals surface area contributed by atoms with E-state index in [1.165, 1.54) is 4.31 Å². The van der Waals surface area contributed by atoms with Gasteiger partial charge in [0.25, 0.3) is 0 Å². The van der Waals surface area contributed by atoms with Gasteiger partial charge in [-0.2, -0.15) is 0 Å². The highest BCUT2D eigenvalue weighted by molar-refractivity contribution is 7.89. The van der Waals surface area contributed by atoms with Gasteiger partial charge in [0.1, 0.15) is 0 Å². The minimum absolute atomic E-state index is 0.381. The van der Waals surface area contributed by atoms with Crippen LogP contribution in [-0.4, -0.2) is 32.9 Å². The van der Waals surface area contributed by atoms with Gasteiger partial charge in [-0.25, -0.2) is 12.7 Å². The second kappa shape index (κ2) is 8.39. The molecule has 114 valence electrons. The number of unbranched alkanes of at least 4 members (excludes halogenated alkanes) is 1. The Morgan fingerprint density at radius 3 is 2.60 bits per heavy atom. The summed E-state index contributed by atoms with van der Waals surface area (Å²) in [6, 6.07) is 7.19. The normalized spacial score (nSPS) is 12.0. The molecule has 0 saturated heterocycles. The van der Waals surface area contributed by atoms with Gasteiger partial charge in [0, 0.05) is 20.1 Å². The van der Waals surface area contributed by atoms with Crippen LogP contribution in [0.4, 0.5) is 0 Å². The minimum atomic E-state index is -3.36. The summed E-state index contributed by atoms with van der Waals surface area (Å²) in [5.74, 6) is 0. The van der Waals surface area contributed by atoms with Gasteiger partial charge in [-0.3, -0.25) is 0 Å². The molecule has 0 aliphatic carbocycles. The smallest absolute Gasteiger partial charge is 0.242 e. The Bertz CT molecular complexity index is 500. The van der Waals surface area contributed by atoms with E-state index in [4.69, 9.17) is 0 Å². The Morgan fingerprint density at radius 2 is 1.95 bits per heavy atom. The topological polar surface area (TPSA) is 49.4 Å². The van der Waals surface area contributed by atoms with E-state index in [0.717, 1.165) is 31.4 Å². The fourth-order valence-electron chi connectivity index (χ4n) is 1.91. The van der Waals surface area contributed by atoms with Crippen molar-refractivity contribution < 1.29 is 8.42 Å². The molecule has 0 aromatic heterocycles. The first kappa shape index (κ1) is 17.1. The van der Waals surface area contributed by atoms with Gasteiger partial charge in [0.2, 0.25) is 10.0 Å². The van der Waals surface area contributed by atoms with Gasteiger partial charge in [-0.15, -0.1) is 0 Å². The highest BCUT2D eigenvalue weighted by atomic mass is 32.2. The largest absolute Gasteiger partial charge is 0.313 e. The van der Waals surface area contributed by atoms with Crippen molar-refractivity contribution in [3.63, 3.8) is 0 Å². The maximum absolute atomic E-state index is 12.4. The van der Waals surface area contributed by atoms with Crippen molar-refractivity contribution in [2.45, 2.75) is 44.6 Å². The van der Waals surface area contributed by atoms with Crippen LogP contribution in [0.25, 0.3) is 0 Å². The first-order valence-electron chi connectivity index (χ1n) is 7.28. The molecule has 0 radical (unpaired) electrons. The average Bonchev–Trinajstić information content (AvgIpc) is 2.45. The van der Waals surface area contributed by atoms with Gasteiger partial charge < -0.3 is 5.32 Å². The lowest BCUT2D eigenvalue weighted by Gasteiger charge is -2.17. The highest BCUT2D eigenvalue weighted by Crippen LogP contribution is 2.16. The first-order valence-corrected chi connectivity index (χ1v) is 8.72. The molecular formula is C15H26N2O2S. The van der Waals surface area contributed by atoms with Crippen molar-refractivity contribution in [1.29, 1.82) is 0 Å². The van der Waals surface area contributed by atoms with Crippen LogP contribution >= 0.6 is 0 Å². The Labute approximate surface area is 123 Å². The standard InChI is InChI=1S/C15H26N2O2S/c1-4-6-11-17(3)20(18,19)15-9-7-8-14(12-15)13-16-10-5-2/h7-9,12,16H,4-6,10-11,13H2,1-3H3. The van der Waals surface area contributed by atoms with Crippen LogP contribution in [0.15, 0.2) is 29.2 Å². The fraction of sp³-hybridized carbons (Fsp3) is 0.600. The summed E-state index contributed by atoms with van der Waals surface area (Å²) in [6.07, 6.45) is 2.94. The van der Waals surface area contributed by atoms with E-state index in [-0.39, 0.29) is 0 Å². The van der Waals surface area contributed by atoms with E-state index in [9.17, 15) is 8.42 Å². The monoisotopic (exact) mass is 298 g/mol. The molecule has 0 heterocycles. The number of benzene rings is 1. The molecule has 1 aromatic carbocycles. The zero-order valence-electron chi connectivity index (χ0n) is 12.7. The molecule has 0 spiro atoms. The van der Waals surface area contributed by atoms with Gasteiger partial charge >= 0.3 is 0 Å². The predicted octanol–water partition coefficient (Wildman–Crippen LogP) is 2.61. The lowest BCUT2D eigenvalue weighted by molar-refractivity contribution is 0.459. The number of hydrogen-bond donors (Lipinski definition) is 1. The molecule has 0 fully saturated rings. The molecule has 1 aromatic rings. The SMILES string of the molecule is CCCCN(C)S(=O)(=O)c1cccc(CNCCC)c1. The second-order valence-electron chi connectivity index (χ2n) is 5.00. The van der Waals surface area contributed by atoms with E-state index in [1.807, 2.05) is 12.1 Å². The molecule has 0 amide bonds. The Balaban J connectivity index is 2.81. The third-order valence-corrected chi connectivity index (χ3v) is 5.04. The molecule has 5 heteroatoms. The molecule has 4 nitrogen and oxygen atoms in total. The Kier molecular flexibility index (Phi) is 7.19. The molecule has 0 unspecified atom stereocenters. The average molecular weight is 298 g/mol. The van der Waals surface area contributed by atoms with Crippen molar-refractivity contribution in [1.82, 2.24) is 9.62 Å². The molecule has 0 atom stereocenters. The highest BCUT2D eigenvalue weighted by Gasteiger charge is 2.20. The molecule has 0 bridgehead atoms. The van der Waals surface area contributed by atoms with E-state index >= 15 is 0 Å². The second-order valence-corrected chi connectivity index (χ2v) is 7.05. The number of rotatable bonds is 9. The fourth-order valence-corrected chi connectivity index (χ4v) is 3.19. The van der Waals surface area contributed by atoms with E-state index in [0.29, 0.717) is 18.0 Å². The molecule has 0 aliphatic rings. The maximum atomic E-state index is 12.4. The first-order chi connectivity index (χ1) is 9.52. The summed E-state index contributed by atoms with van der Waals surface area (Å²) < 4.78 is 26.3. The summed E-state index contributed by atoms with van der Waals surface area (Å²) in [4.78, 5) is 0.381. The van der Waals surface area contributed by atoms with Gasteiger partial charge in [0.15, 0.2) is 0 Å². The Morgan fingerprint density at radius 1 is 1.20 bits per heavy atom. The number of nitrogens with zero attached hydrogens (tertiary/aromatic N) is 1. The Hall–Kier alpha value is -0.910. The molecule has 0 aliphatic heterocycles. The van der Waals surface area contributed by atoms with Gasteiger partial charge in [-0.1, -0.05) is 32.4 Å². The summed E-state index contributed by atoms with van der Waals surface area (Å²) in [6.45, 7) is 6.37. The van der Waals surface area contributed by atoms with Crippen molar-refractivity contribution >= 4 is 10.0 Å². The number of sulfonamides is 1. The van der Waals surface area contributed by atoms with E-state index < -0.39 is 10.0 Å². The van der Waals surface area contributed by atoms with Gasteiger partial charge in [-0.05, 0) is 37.1 Å². The molecule has 1 N–H and O–H groups in total. The molecular weight excluding hydrogens is 272 g/mol. The van der Waals surface area contributed by atoms with Crippen LogP contribution < -0.4 is 5.32 Å².